The second-order valence-corrected chi connectivity index (χ2v) is 9.28. The van der Waals surface area contributed by atoms with Crippen LogP contribution in [0.1, 0.15) is 44.4 Å². The maximum atomic E-state index is 12.4. The molecule has 0 N–H and O–H groups in total. The van der Waals surface area contributed by atoms with E-state index in [0.29, 0.717) is 48.4 Å². The van der Waals surface area contributed by atoms with E-state index in [1.807, 2.05) is 51.1 Å². The molecule has 0 aliphatic carbocycles. The zero-order valence-corrected chi connectivity index (χ0v) is 19.6. The highest BCUT2D eigenvalue weighted by atomic mass is 35.5. The highest BCUT2D eigenvalue weighted by Gasteiger charge is 2.30. The molecule has 2 heterocycles. The minimum atomic E-state index is -0.511. The first-order valence-corrected chi connectivity index (χ1v) is 11.1. The van der Waals surface area contributed by atoms with Crippen molar-refractivity contribution in [1.29, 1.82) is 0 Å². The van der Waals surface area contributed by atoms with E-state index in [1.54, 1.807) is 18.1 Å². The molecule has 2 aliphatic rings. The number of methoxy groups -OCH3 is 1. The highest BCUT2D eigenvalue weighted by Crippen LogP contribution is 2.44. The van der Waals surface area contributed by atoms with Crippen LogP contribution in [-0.4, -0.2) is 43.4 Å². The zero-order chi connectivity index (χ0) is 22.9. The molecule has 0 bridgehead atoms. The highest BCUT2D eigenvalue weighted by molar-refractivity contribution is 6.30. The molecule has 0 spiro atoms. The Balaban J connectivity index is 1.56. The summed E-state index contributed by atoms with van der Waals surface area (Å²) in [7, 11) is 1.61. The Morgan fingerprint density at radius 3 is 2.72 bits per heavy atom. The zero-order valence-electron chi connectivity index (χ0n) is 18.8. The van der Waals surface area contributed by atoms with Crippen LogP contribution < -0.4 is 14.2 Å². The normalized spacial score (nSPS) is 18.1. The van der Waals surface area contributed by atoms with Crippen LogP contribution in [0.15, 0.2) is 42.5 Å². The molecule has 0 saturated carbocycles. The number of ether oxygens (including phenoxy) is 4. The molecule has 32 heavy (non-hydrogen) atoms. The maximum Gasteiger partial charge on any atom is 0.410 e. The smallest absolute Gasteiger partial charge is 0.410 e. The summed E-state index contributed by atoms with van der Waals surface area (Å²) in [5.74, 6) is 2.08. The lowest BCUT2D eigenvalue weighted by Gasteiger charge is -2.32. The minimum absolute atomic E-state index is 0.294. The molecular formula is C25H28ClNO5. The molecule has 170 valence electrons. The second-order valence-electron chi connectivity index (χ2n) is 8.84. The van der Waals surface area contributed by atoms with E-state index in [0.717, 1.165) is 16.7 Å². The van der Waals surface area contributed by atoms with Crippen molar-refractivity contribution < 1.29 is 23.7 Å². The van der Waals surface area contributed by atoms with Crippen molar-refractivity contribution in [2.45, 2.75) is 38.9 Å². The first-order valence-electron chi connectivity index (χ1n) is 10.7. The molecule has 2 aromatic rings. The summed E-state index contributed by atoms with van der Waals surface area (Å²) in [6.45, 7) is 7.06. The van der Waals surface area contributed by atoms with E-state index < -0.39 is 5.60 Å². The summed E-state index contributed by atoms with van der Waals surface area (Å²) in [5, 5.41) is 0.602. The predicted octanol–water partition coefficient (Wildman–Crippen LogP) is 5.89. The van der Waals surface area contributed by atoms with Crippen molar-refractivity contribution in [3.63, 3.8) is 0 Å². The standard InChI is InChI=1S/C25H28ClNO5/c1-25(2,3)32-24(28)27-12-10-16(11-13-27)18-6-5-7-20-23(18)31-22(15-30-20)19-9-8-17(26)14-21(19)29-4/h5-10,14,22H,11-13,15H2,1-4H3. The fourth-order valence-electron chi connectivity index (χ4n) is 3.86. The number of amides is 1. The number of halogens is 1. The number of fused-ring (bicyclic) bond motifs is 1. The second kappa shape index (κ2) is 8.94. The largest absolute Gasteiger partial charge is 0.496 e. The van der Waals surface area contributed by atoms with Gasteiger partial charge in [-0.3, -0.25) is 0 Å². The third-order valence-corrected chi connectivity index (χ3v) is 5.61. The summed E-state index contributed by atoms with van der Waals surface area (Å²) in [5.41, 5.74) is 2.46. The van der Waals surface area contributed by atoms with Crippen molar-refractivity contribution in [3.05, 3.63) is 58.6 Å². The Bertz CT molecular complexity index is 1040. The lowest BCUT2D eigenvalue weighted by molar-refractivity contribution is 0.0270. The van der Waals surface area contributed by atoms with Gasteiger partial charge in [-0.15, -0.1) is 0 Å². The van der Waals surface area contributed by atoms with Crippen LogP contribution in [0.3, 0.4) is 0 Å². The Kier molecular flexibility index (Phi) is 6.24. The molecule has 4 rings (SSSR count). The van der Waals surface area contributed by atoms with Gasteiger partial charge in [0.15, 0.2) is 17.6 Å². The monoisotopic (exact) mass is 457 g/mol. The molecule has 1 amide bonds. The van der Waals surface area contributed by atoms with Gasteiger partial charge in [0.25, 0.3) is 0 Å². The topological polar surface area (TPSA) is 57.2 Å². The number of rotatable bonds is 3. The number of hydrogen-bond acceptors (Lipinski definition) is 5. The first kappa shape index (κ1) is 22.3. The summed E-state index contributed by atoms with van der Waals surface area (Å²) < 4.78 is 23.5. The molecule has 0 fully saturated rings. The van der Waals surface area contributed by atoms with Crippen molar-refractivity contribution in [3.8, 4) is 17.2 Å². The van der Waals surface area contributed by atoms with E-state index in [2.05, 4.69) is 6.08 Å². The van der Waals surface area contributed by atoms with Crippen molar-refractivity contribution in [2.24, 2.45) is 0 Å². The fraction of sp³-hybridized carbons (Fsp3) is 0.400. The van der Waals surface area contributed by atoms with E-state index in [1.165, 1.54) is 0 Å². The average molecular weight is 458 g/mol. The molecule has 1 atom stereocenters. The first-order chi connectivity index (χ1) is 15.2. The molecule has 2 aliphatic heterocycles. The van der Waals surface area contributed by atoms with Gasteiger partial charge in [-0.1, -0.05) is 29.8 Å². The average Bonchev–Trinajstić information content (AvgIpc) is 2.77. The molecule has 0 saturated heterocycles. The van der Waals surface area contributed by atoms with Gasteiger partial charge in [0.2, 0.25) is 0 Å². The quantitative estimate of drug-likeness (QED) is 0.575. The minimum Gasteiger partial charge on any atom is -0.496 e. The van der Waals surface area contributed by atoms with E-state index in [9.17, 15) is 4.79 Å². The summed E-state index contributed by atoms with van der Waals surface area (Å²) >= 11 is 6.12. The number of nitrogens with zero attached hydrogens (tertiary/aromatic N) is 1. The van der Waals surface area contributed by atoms with Crippen LogP contribution in [0, 0.1) is 0 Å². The number of para-hydroxylation sites is 1. The van der Waals surface area contributed by atoms with Gasteiger partial charge in [-0.05, 0) is 57.0 Å². The third kappa shape index (κ3) is 4.80. The van der Waals surface area contributed by atoms with Gasteiger partial charge < -0.3 is 23.8 Å². The van der Waals surface area contributed by atoms with Crippen LogP contribution >= 0.6 is 11.6 Å². The van der Waals surface area contributed by atoms with E-state index in [-0.39, 0.29) is 12.2 Å². The van der Waals surface area contributed by atoms with E-state index in [4.69, 9.17) is 30.5 Å². The lowest BCUT2D eigenvalue weighted by atomic mass is 9.97. The Morgan fingerprint density at radius 1 is 1.22 bits per heavy atom. The number of carbonyl (C=O) groups excluding carboxylic acids is 1. The number of hydrogen-bond donors (Lipinski definition) is 0. The molecule has 2 aromatic carbocycles. The van der Waals surface area contributed by atoms with Gasteiger partial charge in [0.05, 0.1) is 7.11 Å². The predicted molar refractivity (Wildman–Crippen MR) is 124 cm³/mol. The van der Waals surface area contributed by atoms with Crippen LogP contribution in [0.25, 0.3) is 5.57 Å². The lowest BCUT2D eigenvalue weighted by Crippen LogP contribution is -2.39. The molecule has 7 heteroatoms. The van der Waals surface area contributed by atoms with Gasteiger partial charge in [0.1, 0.15) is 18.0 Å². The Morgan fingerprint density at radius 2 is 2.03 bits per heavy atom. The molecular weight excluding hydrogens is 430 g/mol. The molecule has 0 radical (unpaired) electrons. The van der Waals surface area contributed by atoms with Crippen LogP contribution in [0.5, 0.6) is 17.2 Å². The number of benzene rings is 2. The van der Waals surface area contributed by atoms with Crippen LogP contribution in [-0.2, 0) is 4.74 Å². The fourth-order valence-corrected chi connectivity index (χ4v) is 4.02. The van der Waals surface area contributed by atoms with Gasteiger partial charge in [-0.25, -0.2) is 4.79 Å². The molecule has 0 aromatic heterocycles. The Labute approximate surface area is 193 Å². The summed E-state index contributed by atoms with van der Waals surface area (Å²) in [6.07, 6.45) is 2.14. The maximum absolute atomic E-state index is 12.4. The Hall–Kier alpha value is -2.86. The van der Waals surface area contributed by atoms with Crippen molar-refractivity contribution >= 4 is 23.3 Å². The van der Waals surface area contributed by atoms with E-state index >= 15 is 0 Å². The van der Waals surface area contributed by atoms with Gasteiger partial charge >= 0.3 is 6.09 Å². The SMILES string of the molecule is COc1cc(Cl)ccc1C1COc2cccc(C3=CCN(C(=O)OC(C)(C)C)CC3)c2O1. The van der Waals surface area contributed by atoms with Crippen molar-refractivity contribution in [1.82, 2.24) is 4.90 Å². The number of carbonyl (C=O) groups is 1. The van der Waals surface area contributed by atoms with Crippen LogP contribution in [0.4, 0.5) is 4.79 Å². The molecule has 1 unspecified atom stereocenters. The molecule has 6 nitrogen and oxygen atoms in total. The van der Waals surface area contributed by atoms with Crippen LogP contribution in [0.2, 0.25) is 5.02 Å². The third-order valence-electron chi connectivity index (χ3n) is 5.38. The van der Waals surface area contributed by atoms with Gasteiger partial charge in [0, 0.05) is 29.2 Å². The van der Waals surface area contributed by atoms with Crippen molar-refractivity contribution in [2.75, 3.05) is 26.8 Å². The summed E-state index contributed by atoms with van der Waals surface area (Å²) in [6, 6.07) is 11.4. The van der Waals surface area contributed by atoms with Gasteiger partial charge in [-0.2, -0.15) is 0 Å². The summed E-state index contributed by atoms with van der Waals surface area (Å²) in [4.78, 5) is 14.1.